The summed E-state index contributed by atoms with van der Waals surface area (Å²) >= 11 is 0. The Hall–Kier alpha value is -0.0400. The second kappa shape index (κ2) is 7.53. The summed E-state index contributed by atoms with van der Waals surface area (Å²) in [5.74, 6) is 3.15. The zero-order chi connectivity index (χ0) is 12.8. The van der Waals surface area contributed by atoms with Crippen molar-refractivity contribution < 1.29 is 0 Å². The van der Waals surface area contributed by atoms with Gasteiger partial charge in [0.25, 0.3) is 0 Å². The zero-order valence-corrected chi connectivity index (χ0v) is 12.6. The average molecular weight is 251 g/mol. The predicted molar refractivity (Wildman–Crippen MR) is 79.8 cm³/mol. The van der Waals surface area contributed by atoms with Crippen molar-refractivity contribution >= 4 is 0 Å². The molecular weight excluding hydrogens is 218 g/mol. The maximum absolute atomic E-state index is 3.71. The summed E-state index contributed by atoms with van der Waals surface area (Å²) in [5, 5.41) is 3.71. The lowest BCUT2D eigenvalue weighted by molar-refractivity contribution is 0.179. The van der Waals surface area contributed by atoms with Gasteiger partial charge in [-0.3, -0.25) is 0 Å². The summed E-state index contributed by atoms with van der Waals surface area (Å²) in [7, 11) is 0. The SMILES string of the molecule is CCNC1CCCCC(C2CCC(CC)CC2)C1. The minimum absolute atomic E-state index is 0.825. The molecule has 1 heteroatoms. The van der Waals surface area contributed by atoms with Crippen molar-refractivity contribution in [3.05, 3.63) is 0 Å². The summed E-state index contributed by atoms with van der Waals surface area (Å²) in [6.45, 7) is 5.78. The molecule has 2 rings (SSSR count). The molecule has 0 saturated heterocycles. The Bertz CT molecular complexity index is 218. The van der Waals surface area contributed by atoms with E-state index in [-0.39, 0.29) is 0 Å². The molecule has 0 aromatic heterocycles. The summed E-state index contributed by atoms with van der Waals surface area (Å²) in [5.41, 5.74) is 0. The van der Waals surface area contributed by atoms with Gasteiger partial charge in [0.1, 0.15) is 0 Å². The van der Waals surface area contributed by atoms with Gasteiger partial charge in [-0.05, 0) is 50.0 Å². The minimum Gasteiger partial charge on any atom is -0.314 e. The third kappa shape index (κ3) is 3.98. The van der Waals surface area contributed by atoms with Crippen LogP contribution in [0, 0.1) is 17.8 Å². The van der Waals surface area contributed by atoms with E-state index in [2.05, 4.69) is 19.2 Å². The maximum atomic E-state index is 3.71. The molecule has 2 aliphatic carbocycles. The van der Waals surface area contributed by atoms with Crippen LogP contribution in [0.2, 0.25) is 0 Å². The minimum atomic E-state index is 0.825. The van der Waals surface area contributed by atoms with Gasteiger partial charge in [-0.1, -0.05) is 52.4 Å². The van der Waals surface area contributed by atoms with Crippen LogP contribution in [0.4, 0.5) is 0 Å². The van der Waals surface area contributed by atoms with Crippen LogP contribution in [0.15, 0.2) is 0 Å². The number of rotatable bonds is 4. The van der Waals surface area contributed by atoms with E-state index in [0.717, 1.165) is 30.3 Å². The van der Waals surface area contributed by atoms with Gasteiger partial charge >= 0.3 is 0 Å². The fraction of sp³-hybridized carbons (Fsp3) is 1.00. The Morgan fingerprint density at radius 3 is 2.22 bits per heavy atom. The highest BCUT2D eigenvalue weighted by Crippen LogP contribution is 2.40. The van der Waals surface area contributed by atoms with Gasteiger partial charge in [0.15, 0.2) is 0 Å². The molecule has 106 valence electrons. The van der Waals surface area contributed by atoms with Gasteiger partial charge in [-0.15, -0.1) is 0 Å². The third-order valence-corrected chi connectivity index (χ3v) is 5.59. The van der Waals surface area contributed by atoms with Gasteiger partial charge in [0.05, 0.1) is 0 Å². The second-order valence-electron chi connectivity index (χ2n) is 6.72. The van der Waals surface area contributed by atoms with Crippen molar-refractivity contribution in [1.82, 2.24) is 5.32 Å². The standard InChI is InChI=1S/C17H33N/c1-3-14-9-11-15(12-10-14)16-7-5-6-8-17(13-16)18-4-2/h14-18H,3-13H2,1-2H3. The normalized spacial score (nSPS) is 38.3. The Morgan fingerprint density at radius 1 is 0.833 bits per heavy atom. The summed E-state index contributed by atoms with van der Waals surface area (Å²) < 4.78 is 0. The van der Waals surface area contributed by atoms with Gasteiger partial charge in [0, 0.05) is 6.04 Å². The average Bonchev–Trinajstić information content (AvgIpc) is 2.65. The summed E-state index contributed by atoms with van der Waals surface area (Å²) in [6, 6.07) is 0.825. The fourth-order valence-electron chi connectivity index (χ4n) is 4.37. The lowest BCUT2D eigenvalue weighted by atomic mass is 9.72. The molecule has 0 heterocycles. The molecule has 2 aliphatic rings. The van der Waals surface area contributed by atoms with Crippen LogP contribution < -0.4 is 5.32 Å². The number of hydrogen-bond acceptors (Lipinski definition) is 1. The maximum Gasteiger partial charge on any atom is 0.00696 e. The highest BCUT2D eigenvalue weighted by molar-refractivity contribution is 4.83. The van der Waals surface area contributed by atoms with Gasteiger partial charge in [-0.2, -0.15) is 0 Å². The molecule has 2 unspecified atom stereocenters. The van der Waals surface area contributed by atoms with Crippen molar-refractivity contribution in [3.63, 3.8) is 0 Å². The molecule has 0 radical (unpaired) electrons. The molecule has 0 bridgehead atoms. The molecular formula is C17H33N. The lowest BCUT2D eigenvalue weighted by Gasteiger charge is -2.34. The Balaban J connectivity index is 1.83. The Labute approximate surface area is 114 Å². The Kier molecular flexibility index (Phi) is 6.01. The number of nitrogens with one attached hydrogen (secondary N) is 1. The highest BCUT2D eigenvalue weighted by Gasteiger charge is 2.29. The van der Waals surface area contributed by atoms with Crippen molar-refractivity contribution in [3.8, 4) is 0 Å². The van der Waals surface area contributed by atoms with E-state index in [1.807, 2.05) is 0 Å². The first-order chi connectivity index (χ1) is 8.83. The molecule has 0 amide bonds. The molecule has 2 atom stereocenters. The van der Waals surface area contributed by atoms with Crippen LogP contribution in [0.1, 0.15) is 78.1 Å². The fourth-order valence-corrected chi connectivity index (χ4v) is 4.37. The predicted octanol–water partition coefficient (Wildman–Crippen LogP) is 4.76. The van der Waals surface area contributed by atoms with Crippen LogP contribution in [0.5, 0.6) is 0 Å². The van der Waals surface area contributed by atoms with Crippen LogP contribution in [0.3, 0.4) is 0 Å². The van der Waals surface area contributed by atoms with E-state index in [4.69, 9.17) is 0 Å². The van der Waals surface area contributed by atoms with Crippen molar-refractivity contribution in [2.75, 3.05) is 6.54 Å². The van der Waals surface area contributed by atoms with Crippen molar-refractivity contribution in [2.24, 2.45) is 17.8 Å². The first kappa shape index (κ1) is 14.4. The van der Waals surface area contributed by atoms with Gasteiger partial charge in [0.2, 0.25) is 0 Å². The number of hydrogen-bond donors (Lipinski definition) is 1. The van der Waals surface area contributed by atoms with E-state index >= 15 is 0 Å². The van der Waals surface area contributed by atoms with Crippen LogP contribution >= 0.6 is 0 Å². The molecule has 0 aromatic carbocycles. The molecule has 1 N–H and O–H groups in total. The van der Waals surface area contributed by atoms with Gasteiger partial charge < -0.3 is 5.32 Å². The van der Waals surface area contributed by atoms with Crippen LogP contribution in [-0.4, -0.2) is 12.6 Å². The molecule has 2 fully saturated rings. The van der Waals surface area contributed by atoms with E-state index in [9.17, 15) is 0 Å². The van der Waals surface area contributed by atoms with E-state index in [1.54, 1.807) is 0 Å². The summed E-state index contributed by atoms with van der Waals surface area (Å²) in [4.78, 5) is 0. The van der Waals surface area contributed by atoms with Crippen LogP contribution in [0.25, 0.3) is 0 Å². The van der Waals surface area contributed by atoms with E-state index in [1.165, 1.54) is 64.2 Å². The molecule has 18 heavy (non-hydrogen) atoms. The molecule has 2 saturated carbocycles. The molecule has 0 aliphatic heterocycles. The first-order valence-corrected chi connectivity index (χ1v) is 8.56. The lowest BCUT2D eigenvalue weighted by Crippen LogP contribution is -2.32. The van der Waals surface area contributed by atoms with E-state index in [0.29, 0.717) is 0 Å². The monoisotopic (exact) mass is 251 g/mol. The second-order valence-corrected chi connectivity index (χ2v) is 6.72. The van der Waals surface area contributed by atoms with Crippen molar-refractivity contribution in [2.45, 2.75) is 84.1 Å². The molecule has 0 spiro atoms. The highest BCUT2D eigenvalue weighted by atomic mass is 14.9. The van der Waals surface area contributed by atoms with Gasteiger partial charge in [-0.25, -0.2) is 0 Å². The smallest absolute Gasteiger partial charge is 0.00696 e. The van der Waals surface area contributed by atoms with Crippen LogP contribution in [-0.2, 0) is 0 Å². The van der Waals surface area contributed by atoms with Crippen molar-refractivity contribution in [1.29, 1.82) is 0 Å². The van der Waals surface area contributed by atoms with E-state index < -0.39 is 0 Å². The Morgan fingerprint density at radius 2 is 1.56 bits per heavy atom. The third-order valence-electron chi connectivity index (χ3n) is 5.59. The quantitative estimate of drug-likeness (QED) is 0.710. The first-order valence-electron chi connectivity index (χ1n) is 8.56. The molecule has 1 nitrogen and oxygen atoms in total. The zero-order valence-electron chi connectivity index (χ0n) is 12.6. The topological polar surface area (TPSA) is 12.0 Å². The molecule has 0 aromatic rings. The summed E-state index contributed by atoms with van der Waals surface area (Å²) in [6.07, 6.45) is 14.9. The largest absolute Gasteiger partial charge is 0.314 e.